The predicted molar refractivity (Wildman–Crippen MR) is 153 cm³/mol. The van der Waals surface area contributed by atoms with E-state index in [1.165, 1.54) is 20.2 Å². The van der Waals surface area contributed by atoms with E-state index in [-0.39, 0.29) is 0 Å². The Morgan fingerprint density at radius 2 is 1.63 bits per heavy atom. The maximum absolute atomic E-state index is 9.76. The fourth-order valence-corrected chi connectivity index (χ4v) is 5.67. The molecule has 2 nitrogen and oxygen atoms in total. The minimum atomic E-state index is -1.50. The van der Waals surface area contributed by atoms with Crippen LogP contribution < -0.4 is 5.46 Å². The van der Waals surface area contributed by atoms with Crippen molar-refractivity contribution in [2.75, 3.05) is 0 Å². The molecule has 0 fully saturated rings. The molecule has 0 saturated carbocycles. The molecule has 4 aromatic carbocycles. The molecule has 170 valence electrons. The van der Waals surface area contributed by atoms with Gasteiger partial charge in [-0.05, 0) is 64.5 Å². The molecule has 1 aromatic heterocycles. The molecular weight excluding hydrogens is 447 g/mol. The quantitative estimate of drug-likeness (QED) is 0.202. The second-order valence-electron chi connectivity index (χ2n) is 8.42. The lowest BCUT2D eigenvalue weighted by Crippen LogP contribution is -2.29. The second kappa shape index (κ2) is 9.89. The van der Waals surface area contributed by atoms with Crippen LogP contribution in [0.15, 0.2) is 116 Å². The highest BCUT2D eigenvalue weighted by molar-refractivity contribution is 7.26. The molecule has 0 aliphatic rings. The van der Waals surface area contributed by atoms with Crippen LogP contribution in [-0.4, -0.2) is 17.2 Å². The van der Waals surface area contributed by atoms with Crippen molar-refractivity contribution in [3.05, 3.63) is 121 Å². The van der Waals surface area contributed by atoms with Gasteiger partial charge in [0.15, 0.2) is 0 Å². The summed E-state index contributed by atoms with van der Waals surface area (Å²) in [5.41, 5.74) is 7.12. The van der Waals surface area contributed by atoms with Crippen LogP contribution in [0.3, 0.4) is 0 Å². The van der Waals surface area contributed by atoms with Crippen LogP contribution in [0.25, 0.3) is 48.0 Å². The first kappa shape index (κ1) is 23.1. The first-order valence-corrected chi connectivity index (χ1v) is 12.4. The fraction of sp³-hybridized carbons (Fsp3) is 0.0323. The maximum Gasteiger partial charge on any atom is 0.488 e. The van der Waals surface area contributed by atoms with Gasteiger partial charge in [0.05, 0.1) is 0 Å². The van der Waals surface area contributed by atoms with Crippen molar-refractivity contribution in [1.82, 2.24) is 0 Å². The van der Waals surface area contributed by atoms with Crippen molar-refractivity contribution in [3.8, 4) is 22.3 Å². The molecule has 0 saturated heterocycles. The third-order valence-corrected chi connectivity index (χ3v) is 7.45. The van der Waals surface area contributed by atoms with Crippen LogP contribution in [-0.2, 0) is 0 Å². The zero-order valence-electron chi connectivity index (χ0n) is 19.5. The Balaban J connectivity index is 1.80. The van der Waals surface area contributed by atoms with Gasteiger partial charge in [-0.2, -0.15) is 0 Å². The number of rotatable bonds is 6. The Morgan fingerprint density at radius 1 is 0.829 bits per heavy atom. The monoisotopic (exact) mass is 472 g/mol. The molecule has 0 bridgehead atoms. The number of hydrogen-bond acceptors (Lipinski definition) is 3. The maximum atomic E-state index is 9.76. The number of allylic oxidation sites excluding steroid dienone is 5. The average Bonchev–Trinajstić information content (AvgIpc) is 3.27. The Bertz CT molecular complexity index is 1590. The summed E-state index contributed by atoms with van der Waals surface area (Å²) in [6.07, 6.45) is 7.94. The Labute approximate surface area is 210 Å². The molecule has 35 heavy (non-hydrogen) atoms. The van der Waals surface area contributed by atoms with E-state index in [2.05, 4.69) is 73.3 Å². The average molecular weight is 472 g/mol. The number of hydrogen-bond donors (Lipinski definition) is 2. The van der Waals surface area contributed by atoms with Crippen molar-refractivity contribution < 1.29 is 10.0 Å². The Hall–Kier alpha value is -3.70. The largest absolute Gasteiger partial charge is 0.488 e. The minimum Gasteiger partial charge on any atom is -0.423 e. The summed E-state index contributed by atoms with van der Waals surface area (Å²) in [5, 5.41) is 21.9. The van der Waals surface area contributed by atoms with Crippen LogP contribution in [0.1, 0.15) is 12.5 Å². The summed E-state index contributed by atoms with van der Waals surface area (Å²) in [7, 11) is -1.50. The molecule has 5 rings (SSSR count). The third-order valence-electron chi connectivity index (χ3n) is 6.23. The standard InChI is InChI=1S/C31H25BO2S/c1-3-5-10-21(4-2)23-15-16-30-28(18-23)29-20-25(22-11-7-6-8-12-22)19-27(31(29)35-30)24-13-9-14-26(17-24)32(33)34/h3-20,33-34H,1H2,2H3/b10-5-,21-4+. The van der Waals surface area contributed by atoms with Gasteiger partial charge in [0.1, 0.15) is 0 Å². The SMILES string of the molecule is C=C/C=C\C(=C/C)c1ccc2sc3c(-c4cccc(B(O)O)c4)cc(-c4ccccc4)cc3c2c1. The highest BCUT2D eigenvalue weighted by Crippen LogP contribution is 2.43. The summed E-state index contributed by atoms with van der Waals surface area (Å²) < 4.78 is 2.40. The molecule has 4 heteroatoms. The molecule has 1 heterocycles. The van der Waals surface area contributed by atoms with Crippen LogP contribution in [0, 0.1) is 0 Å². The van der Waals surface area contributed by atoms with Crippen molar-refractivity contribution in [1.29, 1.82) is 0 Å². The summed E-state index contributed by atoms with van der Waals surface area (Å²) in [5.74, 6) is 0. The van der Waals surface area contributed by atoms with E-state index in [1.807, 2.05) is 37.3 Å². The molecule has 0 amide bonds. The summed E-state index contributed by atoms with van der Waals surface area (Å²) in [6.45, 7) is 5.84. The van der Waals surface area contributed by atoms with E-state index < -0.39 is 7.12 Å². The zero-order chi connectivity index (χ0) is 24.4. The molecule has 5 aromatic rings. The normalized spacial score (nSPS) is 12.0. The van der Waals surface area contributed by atoms with Crippen molar-refractivity contribution >= 4 is 49.7 Å². The Kier molecular flexibility index (Phi) is 6.52. The Morgan fingerprint density at radius 3 is 2.37 bits per heavy atom. The van der Waals surface area contributed by atoms with Gasteiger partial charge in [0, 0.05) is 25.7 Å². The minimum absolute atomic E-state index is 0.482. The first-order valence-electron chi connectivity index (χ1n) is 11.6. The van der Waals surface area contributed by atoms with Gasteiger partial charge in [-0.15, -0.1) is 11.3 Å². The summed E-state index contributed by atoms with van der Waals surface area (Å²) in [6, 6.07) is 29.0. The van der Waals surface area contributed by atoms with E-state index in [1.54, 1.807) is 23.5 Å². The molecule has 0 unspecified atom stereocenters. The molecule has 0 atom stereocenters. The molecular formula is C31H25BO2S. The predicted octanol–water partition coefficient (Wildman–Crippen LogP) is 7.21. The fourth-order valence-electron chi connectivity index (χ4n) is 4.47. The van der Waals surface area contributed by atoms with Crippen LogP contribution in [0.5, 0.6) is 0 Å². The highest BCUT2D eigenvalue weighted by Gasteiger charge is 2.17. The van der Waals surface area contributed by atoms with Crippen LogP contribution >= 0.6 is 11.3 Å². The van der Waals surface area contributed by atoms with Crippen molar-refractivity contribution in [2.24, 2.45) is 0 Å². The number of fused-ring (bicyclic) bond motifs is 3. The van der Waals surface area contributed by atoms with E-state index in [0.717, 1.165) is 33.4 Å². The lowest BCUT2D eigenvalue weighted by Gasteiger charge is -2.10. The molecule has 0 aliphatic carbocycles. The molecule has 0 radical (unpaired) electrons. The van der Waals surface area contributed by atoms with E-state index in [4.69, 9.17) is 0 Å². The zero-order valence-corrected chi connectivity index (χ0v) is 20.3. The lowest BCUT2D eigenvalue weighted by atomic mass is 9.79. The van der Waals surface area contributed by atoms with Crippen molar-refractivity contribution in [2.45, 2.75) is 6.92 Å². The van der Waals surface area contributed by atoms with Gasteiger partial charge in [0.2, 0.25) is 0 Å². The van der Waals surface area contributed by atoms with Crippen LogP contribution in [0.4, 0.5) is 0 Å². The van der Waals surface area contributed by atoms with Gasteiger partial charge in [-0.3, -0.25) is 0 Å². The second-order valence-corrected chi connectivity index (χ2v) is 9.47. The number of thiophene rings is 1. The third kappa shape index (κ3) is 4.52. The topological polar surface area (TPSA) is 40.5 Å². The van der Waals surface area contributed by atoms with E-state index in [0.29, 0.717) is 5.46 Å². The number of benzene rings is 4. The smallest absolute Gasteiger partial charge is 0.423 e. The molecule has 2 N–H and O–H groups in total. The van der Waals surface area contributed by atoms with Crippen LogP contribution in [0.2, 0.25) is 0 Å². The van der Waals surface area contributed by atoms with Gasteiger partial charge in [-0.1, -0.05) is 91.5 Å². The highest BCUT2D eigenvalue weighted by atomic mass is 32.1. The van der Waals surface area contributed by atoms with Gasteiger partial charge < -0.3 is 10.0 Å². The van der Waals surface area contributed by atoms with Crippen molar-refractivity contribution in [3.63, 3.8) is 0 Å². The summed E-state index contributed by atoms with van der Waals surface area (Å²) in [4.78, 5) is 0. The summed E-state index contributed by atoms with van der Waals surface area (Å²) >= 11 is 1.77. The molecule has 0 aliphatic heterocycles. The van der Waals surface area contributed by atoms with E-state index >= 15 is 0 Å². The van der Waals surface area contributed by atoms with E-state index in [9.17, 15) is 10.0 Å². The van der Waals surface area contributed by atoms with Gasteiger partial charge >= 0.3 is 7.12 Å². The first-order chi connectivity index (χ1) is 17.1. The van der Waals surface area contributed by atoms with Gasteiger partial charge in [-0.25, -0.2) is 0 Å². The lowest BCUT2D eigenvalue weighted by molar-refractivity contribution is 0.426. The van der Waals surface area contributed by atoms with Gasteiger partial charge in [0.25, 0.3) is 0 Å². The molecule has 0 spiro atoms.